The molecule has 1 aliphatic carbocycles. The maximum absolute atomic E-state index is 4.51. The van der Waals surface area contributed by atoms with Crippen molar-refractivity contribution in [2.45, 2.75) is 25.8 Å². The number of nitrogens with zero attached hydrogens (tertiary/aromatic N) is 1. The fourth-order valence-corrected chi connectivity index (χ4v) is 1.84. The Kier molecular flexibility index (Phi) is 3.72. The molecule has 1 aromatic carbocycles. The number of hydrogen-bond acceptors (Lipinski definition) is 1. The highest BCUT2D eigenvalue weighted by Gasteiger charge is 2.05. The zero-order valence-electron chi connectivity index (χ0n) is 8.97. The van der Waals surface area contributed by atoms with Crippen molar-refractivity contribution in [1.29, 1.82) is 0 Å². The molecule has 1 nitrogen and oxygen atoms in total. The van der Waals surface area contributed by atoms with E-state index in [9.17, 15) is 0 Å². The van der Waals surface area contributed by atoms with Gasteiger partial charge in [0.2, 0.25) is 0 Å². The molecule has 15 heavy (non-hydrogen) atoms. The molecule has 0 N–H and O–H groups in total. The fraction of sp³-hybridized carbons (Fsp3) is 0.357. The Bertz CT molecular complexity index is 338. The molecule has 1 aromatic rings. The standard InChI is InChI=1S/C14H17N/c1-3-7-13(8-4-1)11-15-12-14-9-5-2-6-10-14/h1-5,7-8,12,14H,6,9-11H2/b15-12+. The van der Waals surface area contributed by atoms with Gasteiger partial charge in [0, 0.05) is 6.21 Å². The highest BCUT2D eigenvalue weighted by Crippen LogP contribution is 2.16. The van der Waals surface area contributed by atoms with E-state index in [0.717, 1.165) is 13.0 Å². The summed E-state index contributed by atoms with van der Waals surface area (Å²) in [6, 6.07) is 10.4. The summed E-state index contributed by atoms with van der Waals surface area (Å²) in [6.45, 7) is 0.820. The Labute approximate surface area is 91.6 Å². The number of allylic oxidation sites excluding steroid dienone is 2. The Morgan fingerprint density at radius 1 is 1.20 bits per heavy atom. The van der Waals surface area contributed by atoms with Crippen molar-refractivity contribution in [3.8, 4) is 0 Å². The summed E-state index contributed by atoms with van der Waals surface area (Å²) in [5.74, 6) is 0.665. The molecule has 1 atom stereocenters. The van der Waals surface area contributed by atoms with Gasteiger partial charge in [-0.2, -0.15) is 0 Å². The summed E-state index contributed by atoms with van der Waals surface area (Å²) >= 11 is 0. The third-order valence-electron chi connectivity index (χ3n) is 2.74. The van der Waals surface area contributed by atoms with Crippen LogP contribution < -0.4 is 0 Å². The monoisotopic (exact) mass is 199 g/mol. The molecule has 0 bridgehead atoms. The smallest absolute Gasteiger partial charge is 0.0635 e. The molecule has 0 amide bonds. The normalized spacial score (nSPS) is 20.9. The SMILES string of the molecule is C1=CCC(/C=N/Cc2ccccc2)CC1. The zero-order valence-corrected chi connectivity index (χ0v) is 8.97. The molecule has 0 aliphatic heterocycles. The van der Waals surface area contributed by atoms with E-state index in [2.05, 4.69) is 47.6 Å². The highest BCUT2D eigenvalue weighted by atomic mass is 14.7. The van der Waals surface area contributed by atoms with Gasteiger partial charge in [-0.1, -0.05) is 42.5 Å². The largest absolute Gasteiger partial charge is 0.292 e. The summed E-state index contributed by atoms with van der Waals surface area (Å²) in [6.07, 6.45) is 10.3. The van der Waals surface area contributed by atoms with Crippen LogP contribution in [0.25, 0.3) is 0 Å². The van der Waals surface area contributed by atoms with Crippen molar-refractivity contribution >= 4 is 6.21 Å². The van der Waals surface area contributed by atoms with E-state index in [4.69, 9.17) is 0 Å². The van der Waals surface area contributed by atoms with E-state index in [1.165, 1.54) is 18.4 Å². The van der Waals surface area contributed by atoms with Crippen LogP contribution in [0, 0.1) is 5.92 Å². The van der Waals surface area contributed by atoms with Crippen LogP contribution in [-0.4, -0.2) is 6.21 Å². The minimum absolute atomic E-state index is 0.665. The Balaban J connectivity index is 1.82. The van der Waals surface area contributed by atoms with Gasteiger partial charge in [0.15, 0.2) is 0 Å². The summed E-state index contributed by atoms with van der Waals surface area (Å²) in [5, 5.41) is 0. The number of hydrogen-bond donors (Lipinski definition) is 0. The first-order valence-electron chi connectivity index (χ1n) is 5.64. The maximum Gasteiger partial charge on any atom is 0.0635 e. The van der Waals surface area contributed by atoms with Crippen LogP contribution in [0.1, 0.15) is 24.8 Å². The second-order valence-electron chi connectivity index (χ2n) is 4.02. The van der Waals surface area contributed by atoms with Crippen molar-refractivity contribution in [3.63, 3.8) is 0 Å². The van der Waals surface area contributed by atoms with Gasteiger partial charge in [-0.05, 0) is 30.7 Å². The van der Waals surface area contributed by atoms with Gasteiger partial charge in [-0.25, -0.2) is 0 Å². The van der Waals surface area contributed by atoms with Gasteiger partial charge in [-0.3, -0.25) is 4.99 Å². The zero-order chi connectivity index (χ0) is 10.3. The van der Waals surface area contributed by atoms with E-state index in [0.29, 0.717) is 5.92 Å². The predicted molar refractivity (Wildman–Crippen MR) is 65.1 cm³/mol. The average Bonchev–Trinajstić information content (AvgIpc) is 2.32. The molecule has 0 radical (unpaired) electrons. The van der Waals surface area contributed by atoms with E-state index >= 15 is 0 Å². The first-order valence-corrected chi connectivity index (χ1v) is 5.64. The number of benzene rings is 1. The van der Waals surface area contributed by atoms with E-state index < -0.39 is 0 Å². The molecule has 78 valence electrons. The molecule has 0 heterocycles. The van der Waals surface area contributed by atoms with Gasteiger partial charge in [0.05, 0.1) is 6.54 Å². The van der Waals surface area contributed by atoms with Gasteiger partial charge < -0.3 is 0 Å². The van der Waals surface area contributed by atoms with Crippen LogP contribution >= 0.6 is 0 Å². The van der Waals surface area contributed by atoms with Crippen LogP contribution in [0.4, 0.5) is 0 Å². The molecule has 0 spiro atoms. The van der Waals surface area contributed by atoms with Crippen molar-refractivity contribution in [2.75, 3.05) is 0 Å². The first-order chi connectivity index (χ1) is 7.45. The van der Waals surface area contributed by atoms with E-state index in [1.54, 1.807) is 0 Å². The Morgan fingerprint density at radius 3 is 2.80 bits per heavy atom. The lowest BCUT2D eigenvalue weighted by molar-refractivity contribution is 0.625. The fourth-order valence-electron chi connectivity index (χ4n) is 1.84. The van der Waals surface area contributed by atoms with E-state index in [-0.39, 0.29) is 0 Å². The summed E-state index contributed by atoms with van der Waals surface area (Å²) in [5.41, 5.74) is 1.29. The molecule has 0 fully saturated rings. The van der Waals surface area contributed by atoms with Gasteiger partial charge in [0.25, 0.3) is 0 Å². The van der Waals surface area contributed by atoms with Gasteiger partial charge >= 0.3 is 0 Å². The van der Waals surface area contributed by atoms with Gasteiger partial charge in [0.1, 0.15) is 0 Å². The van der Waals surface area contributed by atoms with Crippen LogP contribution in [0.15, 0.2) is 47.5 Å². The predicted octanol–water partition coefficient (Wildman–Crippen LogP) is 3.61. The highest BCUT2D eigenvalue weighted by molar-refractivity contribution is 5.61. The van der Waals surface area contributed by atoms with Crippen LogP contribution in [0.2, 0.25) is 0 Å². The third kappa shape index (κ3) is 3.35. The molecule has 0 saturated heterocycles. The topological polar surface area (TPSA) is 12.4 Å². The molecule has 0 saturated carbocycles. The Morgan fingerprint density at radius 2 is 2.07 bits per heavy atom. The summed E-state index contributed by atoms with van der Waals surface area (Å²) < 4.78 is 0. The maximum atomic E-state index is 4.51. The molecular weight excluding hydrogens is 182 g/mol. The first kappa shape index (κ1) is 10.2. The number of aliphatic imine (C=N–C) groups is 1. The third-order valence-corrected chi connectivity index (χ3v) is 2.74. The lowest BCUT2D eigenvalue weighted by Crippen LogP contribution is -2.03. The summed E-state index contributed by atoms with van der Waals surface area (Å²) in [4.78, 5) is 4.51. The molecule has 0 aromatic heterocycles. The second kappa shape index (κ2) is 5.50. The minimum Gasteiger partial charge on any atom is -0.292 e. The molecule has 1 aliphatic rings. The molecule has 2 rings (SSSR count). The molecular formula is C14H17N. The Hall–Kier alpha value is -1.37. The van der Waals surface area contributed by atoms with Crippen molar-refractivity contribution in [3.05, 3.63) is 48.0 Å². The quantitative estimate of drug-likeness (QED) is 0.521. The van der Waals surface area contributed by atoms with Crippen LogP contribution in [0.5, 0.6) is 0 Å². The molecule has 1 unspecified atom stereocenters. The lowest BCUT2D eigenvalue weighted by Gasteiger charge is -2.11. The minimum atomic E-state index is 0.665. The van der Waals surface area contributed by atoms with Crippen molar-refractivity contribution in [1.82, 2.24) is 0 Å². The lowest BCUT2D eigenvalue weighted by atomic mass is 9.96. The van der Waals surface area contributed by atoms with Crippen LogP contribution in [0.3, 0.4) is 0 Å². The molecule has 1 heteroatoms. The number of rotatable bonds is 3. The average molecular weight is 199 g/mol. The van der Waals surface area contributed by atoms with Crippen LogP contribution in [-0.2, 0) is 6.54 Å². The second-order valence-corrected chi connectivity index (χ2v) is 4.02. The van der Waals surface area contributed by atoms with Crippen molar-refractivity contribution < 1.29 is 0 Å². The summed E-state index contributed by atoms with van der Waals surface area (Å²) in [7, 11) is 0. The van der Waals surface area contributed by atoms with Crippen molar-refractivity contribution in [2.24, 2.45) is 10.9 Å². The van der Waals surface area contributed by atoms with Gasteiger partial charge in [-0.15, -0.1) is 0 Å². The van der Waals surface area contributed by atoms with E-state index in [1.807, 2.05) is 6.07 Å².